The summed E-state index contributed by atoms with van der Waals surface area (Å²) in [6.45, 7) is 3.08. The van der Waals surface area contributed by atoms with E-state index in [1.807, 2.05) is 6.92 Å². The van der Waals surface area contributed by atoms with Gasteiger partial charge in [-0.2, -0.15) is 0 Å². The molecule has 0 fully saturated rings. The molecular weight excluding hydrogens is 489 g/mol. The van der Waals surface area contributed by atoms with Gasteiger partial charge >= 0.3 is 0 Å². The summed E-state index contributed by atoms with van der Waals surface area (Å²) in [5.41, 5.74) is 0.294. The SMILES string of the molecule is CCCCNC(=O)[C@@H](C)N(Cc1ccccc1F)C(=O)CN(c1cc(OC)ccc1OC)S(C)(=O)=O. The third-order valence-corrected chi connectivity index (χ3v) is 6.76. The number of methoxy groups -OCH3 is 2. The van der Waals surface area contributed by atoms with E-state index in [0.717, 1.165) is 23.4 Å². The van der Waals surface area contributed by atoms with Crippen LogP contribution in [0.2, 0.25) is 0 Å². The summed E-state index contributed by atoms with van der Waals surface area (Å²) in [6, 6.07) is 9.49. The highest BCUT2D eigenvalue weighted by Gasteiger charge is 2.31. The Morgan fingerprint density at radius 3 is 2.39 bits per heavy atom. The first-order valence-corrected chi connectivity index (χ1v) is 13.4. The Bertz CT molecular complexity index is 1160. The fourth-order valence-corrected chi connectivity index (χ4v) is 4.36. The zero-order chi connectivity index (χ0) is 26.9. The molecule has 1 atom stereocenters. The van der Waals surface area contributed by atoms with Crippen molar-refractivity contribution in [2.75, 3.05) is 37.9 Å². The van der Waals surface area contributed by atoms with Gasteiger partial charge < -0.3 is 19.7 Å². The molecule has 0 radical (unpaired) electrons. The van der Waals surface area contributed by atoms with Crippen LogP contribution in [0.5, 0.6) is 11.5 Å². The van der Waals surface area contributed by atoms with Gasteiger partial charge in [0.25, 0.3) is 0 Å². The van der Waals surface area contributed by atoms with Crippen LogP contribution in [0, 0.1) is 5.82 Å². The van der Waals surface area contributed by atoms with Crippen molar-refractivity contribution in [3.8, 4) is 11.5 Å². The highest BCUT2D eigenvalue weighted by atomic mass is 32.2. The van der Waals surface area contributed by atoms with E-state index in [1.165, 1.54) is 56.4 Å². The second-order valence-corrected chi connectivity index (χ2v) is 10.1. The first-order valence-electron chi connectivity index (χ1n) is 11.5. The van der Waals surface area contributed by atoms with Gasteiger partial charge in [0, 0.05) is 24.7 Å². The number of amides is 2. The van der Waals surface area contributed by atoms with Crippen molar-refractivity contribution in [1.29, 1.82) is 0 Å². The van der Waals surface area contributed by atoms with Crippen molar-refractivity contribution in [3.05, 3.63) is 53.8 Å². The molecule has 2 aromatic carbocycles. The molecule has 0 heterocycles. The molecule has 0 spiro atoms. The van der Waals surface area contributed by atoms with E-state index in [9.17, 15) is 22.4 Å². The molecule has 11 heteroatoms. The van der Waals surface area contributed by atoms with Crippen molar-refractivity contribution in [1.82, 2.24) is 10.2 Å². The molecule has 0 aliphatic rings. The molecule has 2 amide bonds. The molecule has 1 N–H and O–H groups in total. The van der Waals surface area contributed by atoms with Gasteiger partial charge in [0.1, 0.15) is 29.9 Å². The molecule has 0 aliphatic carbocycles. The molecule has 0 saturated heterocycles. The van der Waals surface area contributed by atoms with Crippen molar-refractivity contribution in [2.24, 2.45) is 0 Å². The number of nitrogens with zero attached hydrogens (tertiary/aromatic N) is 2. The number of nitrogens with one attached hydrogen (secondary N) is 1. The zero-order valence-electron chi connectivity index (χ0n) is 21.3. The number of hydrogen-bond donors (Lipinski definition) is 1. The van der Waals surface area contributed by atoms with Crippen molar-refractivity contribution in [3.63, 3.8) is 0 Å². The molecule has 2 aromatic rings. The Kier molecular flexibility index (Phi) is 10.5. The molecule has 36 heavy (non-hydrogen) atoms. The Morgan fingerprint density at radius 2 is 1.81 bits per heavy atom. The van der Waals surface area contributed by atoms with Gasteiger partial charge in [-0.05, 0) is 31.5 Å². The quantitative estimate of drug-likeness (QED) is 0.405. The summed E-state index contributed by atoms with van der Waals surface area (Å²) in [5, 5.41) is 2.77. The topological polar surface area (TPSA) is 105 Å². The maximum Gasteiger partial charge on any atom is 0.244 e. The van der Waals surface area contributed by atoms with E-state index in [0.29, 0.717) is 12.3 Å². The Morgan fingerprint density at radius 1 is 1.11 bits per heavy atom. The van der Waals surface area contributed by atoms with E-state index in [-0.39, 0.29) is 23.5 Å². The Balaban J connectivity index is 2.46. The van der Waals surface area contributed by atoms with E-state index < -0.39 is 40.2 Å². The second-order valence-electron chi connectivity index (χ2n) is 8.24. The number of unbranched alkanes of at least 4 members (excludes halogenated alkanes) is 1. The van der Waals surface area contributed by atoms with E-state index in [2.05, 4.69) is 5.32 Å². The number of ether oxygens (including phenoxy) is 2. The highest BCUT2D eigenvalue weighted by molar-refractivity contribution is 7.92. The number of anilines is 1. The minimum absolute atomic E-state index is 0.0959. The van der Waals surface area contributed by atoms with Gasteiger partial charge in [-0.25, -0.2) is 12.8 Å². The molecule has 198 valence electrons. The minimum atomic E-state index is -3.97. The molecular formula is C25H34FN3O6S. The standard InChI is InChI=1S/C25H34FN3O6S/c1-6-7-14-27-25(31)18(2)28(16-19-10-8-9-11-21(19)26)24(30)17-29(36(5,32)33)22-15-20(34-3)12-13-23(22)35-4/h8-13,15,18H,6-7,14,16-17H2,1-5H3,(H,27,31)/t18-/m1/s1. The van der Waals surface area contributed by atoms with Crippen LogP contribution in [-0.2, 0) is 26.2 Å². The molecule has 0 aromatic heterocycles. The summed E-state index contributed by atoms with van der Waals surface area (Å²) >= 11 is 0. The average molecular weight is 524 g/mol. The monoisotopic (exact) mass is 523 g/mol. The van der Waals surface area contributed by atoms with E-state index >= 15 is 0 Å². The molecule has 0 aliphatic heterocycles. The zero-order valence-corrected chi connectivity index (χ0v) is 22.1. The number of rotatable bonds is 13. The van der Waals surface area contributed by atoms with E-state index in [4.69, 9.17) is 9.47 Å². The largest absolute Gasteiger partial charge is 0.497 e. The number of carbonyl (C=O) groups excluding carboxylic acids is 2. The van der Waals surface area contributed by atoms with Crippen LogP contribution in [0.15, 0.2) is 42.5 Å². The lowest BCUT2D eigenvalue weighted by Crippen LogP contribution is -2.51. The number of carbonyl (C=O) groups is 2. The molecule has 0 saturated carbocycles. The maximum absolute atomic E-state index is 14.4. The number of benzene rings is 2. The second kappa shape index (κ2) is 13.1. The van der Waals surface area contributed by atoms with Crippen molar-refractivity contribution >= 4 is 27.5 Å². The van der Waals surface area contributed by atoms with Crippen LogP contribution in [0.1, 0.15) is 32.3 Å². The van der Waals surface area contributed by atoms with Gasteiger partial charge in [-0.1, -0.05) is 31.5 Å². The van der Waals surface area contributed by atoms with Gasteiger partial charge in [-0.15, -0.1) is 0 Å². The predicted molar refractivity (Wildman–Crippen MR) is 136 cm³/mol. The first kappa shape index (κ1) is 28.9. The Labute approximate surface area is 212 Å². The Hall–Kier alpha value is -3.34. The first-order chi connectivity index (χ1) is 17.0. The van der Waals surface area contributed by atoms with Crippen LogP contribution in [0.4, 0.5) is 10.1 Å². The normalized spacial score (nSPS) is 11.9. The third-order valence-electron chi connectivity index (χ3n) is 5.63. The molecule has 0 bridgehead atoms. The smallest absolute Gasteiger partial charge is 0.244 e. The van der Waals surface area contributed by atoms with Crippen LogP contribution < -0.4 is 19.1 Å². The lowest BCUT2D eigenvalue weighted by Gasteiger charge is -2.32. The summed E-state index contributed by atoms with van der Waals surface area (Å²) in [7, 11) is -1.17. The van der Waals surface area contributed by atoms with Gasteiger partial charge in [-0.3, -0.25) is 13.9 Å². The number of halogens is 1. The van der Waals surface area contributed by atoms with Gasteiger partial charge in [0.2, 0.25) is 21.8 Å². The van der Waals surface area contributed by atoms with Crippen LogP contribution in [0.3, 0.4) is 0 Å². The number of sulfonamides is 1. The maximum atomic E-state index is 14.4. The van der Waals surface area contributed by atoms with Crippen molar-refractivity contribution < 1.29 is 31.9 Å². The van der Waals surface area contributed by atoms with Crippen LogP contribution in [0.25, 0.3) is 0 Å². The van der Waals surface area contributed by atoms with Crippen LogP contribution in [-0.4, -0.2) is 64.7 Å². The highest BCUT2D eigenvalue weighted by Crippen LogP contribution is 2.34. The fourth-order valence-electron chi connectivity index (χ4n) is 3.52. The lowest BCUT2D eigenvalue weighted by molar-refractivity contribution is -0.139. The third kappa shape index (κ3) is 7.58. The summed E-state index contributed by atoms with van der Waals surface area (Å²) in [4.78, 5) is 27.5. The molecule has 0 unspecified atom stereocenters. The minimum Gasteiger partial charge on any atom is -0.497 e. The summed E-state index contributed by atoms with van der Waals surface area (Å²) in [6.07, 6.45) is 2.59. The van der Waals surface area contributed by atoms with Crippen LogP contribution >= 0.6 is 0 Å². The van der Waals surface area contributed by atoms with Gasteiger partial charge in [0.05, 0.1) is 26.2 Å². The number of hydrogen-bond acceptors (Lipinski definition) is 6. The van der Waals surface area contributed by atoms with E-state index in [1.54, 1.807) is 12.1 Å². The van der Waals surface area contributed by atoms with Crippen molar-refractivity contribution in [2.45, 2.75) is 39.3 Å². The molecule has 9 nitrogen and oxygen atoms in total. The predicted octanol–water partition coefficient (Wildman–Crippen LogP) is 2.94. The summed E-state index contributed by atoms with van der Waals surface area (Å²) in [5.74, 6) is -1.08. The molecule has 2 rings (SSSR count). The summed E-state index contributed by atoms with van der Waals surface area (Å²) < 4.78 is 51.4. The average Bonchev–Trinajstić information content (AvgIpc) is 2.85. The lowest BCUT2D eigenvalue weighted by atomic mass is 10.1. The fraction of sp³-hybridized carbons (Fsp3) is 0.440. The van der Waals surface area contributed by atoms with Gasteiger partial charge in [0.15, 0.2) is 0 Å².